The number of rotatable bonds is 5. The van der Waals surface area contributed by atoms with Gasteiger partial charge in [-0.05, 0) is 31.5 Å². The molecule has 1 aliphatic rings. The molecule has 1 atom stereocenters. The van der Waals surface area contributed by atoms with Gasteiger partial charge in [0, 0.05) is 25.3 Å². The molecule has 1 aliphatic heterocycles. The van der Waals surface area contributed by atoms with Crippen molar-refractivity contribution in [2.24, 2.45) is 0 Å². The zero-order valence-electron chi connectivity index (χ0n) is 13.0. The van der Waals surface area contributed by atoms with E-state index in [4.69, 9.17) is 0 Å². The number of likely N-dealkylation sites (tertiary alicyclic amines) is 1. The van der Waals surface area contributed by atoms with Crippen LogP contribution in [0.5, 0.6) is 0 Å². The highest BCUT2D eigenvalue weighted by molar-refractivity contribution is 7.88. The number of piperidine rings is 1. The molecule has 0 saturated carbocycles. The Morgan fingerprint density at radius 1 is 1.36 bits per heavy atom. The van der Waals surface area contributed by atoms with Crippen molar-refractivity contribution in [1.29, 1.82) is 0 Å². The summed E-state index contributed by atoms with van der Waals surface area (Å²) in [6.45, 7) is 1.69. The molecular weight excluding hydrogens is 302 g/mol. The second kappa shape index (κ2) is 7.21. The molecular formula is C15H23N3O3S. The van der Waals surface area contributed by atoms with Crippen molar-refractivity contribution in [2.75, 3.05) is 37.8 Å². The Morgan fingerprint density at radius 3 is 2.68 bits per heavy atom. The van der Waals surface area contributed by atoms with Gasteiger partial charge in [0.05, 0.1) is 12.8 Å². The number of benzene rings is 1. The predicted octanol–water partition coefficient (Wildman–Crippen LogP) is 0.663. The largest absolute Gasteiger partial charge is 0.314 e. The van der Waals surface area contributed by atoms with Crippen LogP contribution in [0.4, 0.5) is 5.69 Å². The monoisotopic (exact) mass is 325 g/mol. The van der Waals surface area contributed by atoms with Gasteiger partial charge >= 0.3 is 0 Å². The van der Waals surface area contributed by atoms with Crippen LogP contribution in [0.25, 0.3) is 0 Å². The molecule has 0 bridgehead atoms. The lowest BCUT2D eigenvalue weighted by Gasteiger charge is -2.33. The van der Waals surface area contributed by atoms with E-state index in [9.17, 15) is 13.2 Å². The number of sulfonamides is 1. The fraction of sp³-hybridized carbons (Fsp3) is 0.533. The van der Waals surface area contributed by atoms with Crippen molar-refractivity contribution in [2.45, 2.75) is 18.9 Å². The summed E-state index contributed by atoms with van der Waals surface area (Å²) in [6.07, 6.45) is 2.86. The Kier molecular flexibility index (Phi) is 5.55. The summed E-state index contributed by atoms with van der Waals surface area (Å²) in [6, 6.07) is 9.37. The Hall–Kier alpha value is -1.44. The summed E-state index contributed by atoms with van der Waals surface area (Å²) >= 11 is 0. The van der Waals surface area contributed by atoms with Crippen LogP contribution in [0.3, 0.4) is 0 Å². The topological polar surface area (TPSA) is 69.7 Å². The lowest BCUT2D eigenvalue weighted by molar-refractivity contribution is -0.119. The summed E-state index contributed by atoms with van der Waals surface area (Å²) in [4.78, 5) is 16.0. The molecule has 6 nitrogen and oxygen atoms in total. The van der Waals surface area contributed by atoms with Crippen LogP contribution in [-0.4, -0.2) is 58.2 Å². The molecule has 1 unspecified atom stereocenters. The molecule has 7 heteroatoms. The van der Waals surface area contributed by atoms with E-state index in [-0.39, 0.29) is 11.9 Å². The molecule has 0 radical (unpaired) electrons. The van der Waals surface area contributed by atoms with E-state index >= 15 is 0 Å². The van der Waals surface area contributed by atoms with E-state index in [1.54, 1.807) is 11.9 Å². The zero-order valence-corrected chi connectivity index (χ0v) is 13.8. The highest BCUT2D eigenvalue weighted by Crippen LogP contribution is 2.14. The standard InChI is InChI=1S/C15H23N3O3S/c1-17(14-8-4-3-5-9-14)15(19)12-18-10-6-7-13(11-18)16-22(2,20)21/h3-5,8-9,13,16H,6-7,10-12H2,1-2H3. The second-order valence-electron chi connectivity index (χ2n) is 5.75. The van der Waals surface area contributed by atoms with Crippen molar-refractivity contribution in [1.82, 2.24) is 9.62 Å². The summed E-state index contributed by atoms with van der Waals surface area (Å²) < 4.78 is 25.3. The molecule has 0 aromatic heterocycles. The molecule has 1 N–H and O–H groups in total. The van der Waals surface area contributed by atoms with Crippen LogP contribution in [0.1, 0.15) is 12.8 Å². The molecule has 1 saturated heterocycles. The van der Waals surface area contributed by atoms with Gasteiger partial charge in [0.2, 0.25) is 15.9 Å². The van der Waals surface area contributed by atoms with E-state index in [1.165, 1.54) is 6.26 Å². The highest BCUT2D eigenvalue weighted by atomic mass is 32.2. The molecule has 0 aliphatic carbocycles. The molecule has 2 rings (SSSR count). The van der Waals surface area contributed by atoms with Crippen LogP contribution in [-0.2, 0) is 14.8 Å². The van der Waals surface area contributed by atoms with Gasteiger partial charge in [-0.15, -0.1) is 0 Å². The first-order chi connectivity index (χ1) is 10.3. The maximum Gasteiger partial charge on any atom is 0.240 e. The lowest BCUT2D eigenvalue weighted by Crippen LogP contribution is -2.50. The third-order valence-corrected chi connectivity index (χ3v) is 4.52. The van der Waals surface area contributed by atoms with Crippen molar-refractivity contribution in [3.8, 4) is 0 Å². The quantitative estimate of drug-likeness (QED) is 0.863. The second-order valence-corrected chi connectivity index (χ2v) is 7.53. The van der Waals surface area contributed by atoms with E-state index in [0.717, 1.165) is 25.1 Å². The van der Waals surface area contributed by atoms with E-state index in [1.807, 2.05) is 35.2 Å². The maximum absolute atomic E-state index is 12.3. The molecule has 1 aromatic carbocycles. The zero-order chi connectivity index (χ0) is 16.2. The van der Waals surface area contributed by atoms with Gasteiger partial charge in [0.25, 0.3) is 0 Å². The first-order valence-electron chi connectivity index (χ1n) is 7.36. The number of amides is 1. The molecule has 1 amide bonds. The van der Waals surface area contributed by atoms with Gasteiger partial charge in [-0.3, -0.25) is 9.69 Å². The smallest absolute Gasteiger partial charge is 0.240 e. The summed E-state index contributed by atoms with van der Waals surface area (Å²) in [5.41, 5.74) is 0.857. The van der Waals surface area contributed by atoms with Gasteiger partial charge < -0.3 is 4.90 Å². The van der Waals surface area contributed by atoms with Crippen molar-refractivity contribution < 1.29 is 13.2 Å². The van der Waals surface area contributed by atoms with Crippen LogP contribution in [0.15, 0.2) is 30.3 Å². The number of hydrogen-bond acceptors (Lipinski definition) is 4. The first kappa shape index (κ1) is 16.9. The fourth-order valence-electron chi connectivity index (χ4n) is 2.69. The van der Waals surface area contributed by atoms with Crippen molar-refractivity contribution >= 4 is 21.6 Å². The number of carbonyl (C=O) groups excluding carboxylic acids is 1. The molecule has 1 aromatic rings. The summed E-state index contributed by atoms with van der Waals surface area (Å²) in [5.74, 6) is 0.00575. The van der Waals surface area contributed by atoms with Crippen LogP contribution in [0, 0.1) is 0 Å². The number of hydrogen-bond donors (Lipinski definition) is 1. The van der Waals surface area contributed by atoms with Crippen molar-refractivity contribution in [3.05, 3.63) is 30.3 Å². The number of nitrogens with zero attached hydrogens (tertiary/aromatic N) is 2. The normalized spacial score (nSPS) is 19.8. The van der Waals surface area contributed by atoms with Crippen LogP contribution < -0.4 is 9.62 Å². The highest BCUT2D eigenvalue weighted by Gasteiger charge is 2.24. The fourth-order valence-corrected chi connectivity index (χ4v) is 3.49. The van der Waals surface area contributed by atoms with Gasteiger partial charge in [-0.25, -0.2) is 13.1 Å². The Balaban J connectivity index is 1.91. The molecule has 122 valence electrons. The van der Waals surface area contributed by atoms with Gasteiger partial charge in [0.15, 0.2) is 0 Å². The average molecular weight is 325 g/mol. The maximum atomic E-state index is 12.3. The summed E-state index contributed by atoms with van der Waals surface area (Å²) in [7, 11) is -1.45. The minimum absolute atomic E-state index is 0.00575. The van der Waals surface area contributed by atoms with E-state index < -0.39 is 10.0 Å². The third kappa shape index (κ3) is 5.08. The Morgan fingerprint density at radius 2 is 2.05 bits per heavy atom. The number of nitrogens with one attached hydrogen (secondary N) is 1. The third-order valence-electron chi connectivity index (χ3n) is 3.76. The van der Waals surface area contributed by atoms with Crippen LogP contribution >= 0.6 is 0 Å². The molecule has 1 fully saturated rings. The number of likely N-dealkylation sites (N-methyl/N-ethyl adjacent to an activating group) is 1. The number of carbonyl (C=O) groups is 1. The number of para-hydroxylation sites is 1. The van der Waals surface area contributed by atoms with Crippen LogP contribution in [0.2, 0.25) is 0 Å². The van der Waals surface area contributed by atoms with Gasteiger partial charge in [0.1, 0.15) is 0 Å². The van der Waals surface area contributed by atoms with E-state index in [2.05, 4.69) is 4.72 Å². The molecule has 22 heavy (non-hydrogen) atoms. The summed E-state index contributed by atoms with van der Waals surface area (Å²) in [5, 5.41) is 0. The minimum atomic E-state index is -3.21. The lowest BCUT2D eigenvalue weighted by atomic mass is 10.1. The minimum Gasteiger partial charge on any atom is -0.314 e. The molecule has 0 spiro atoms. The number of anilines is 1. The van der Waals surface area contributed by atoms with Gasteiger partial charge in [-0.2, -0.15) is 0 Å². The first-order valence-corrected chi connectivity index (χ1v) is 9.25. The Bertz CT molecular complexity index is 604. The predicted molar refractivity (Wildman–Crippen MR) is 87.3 cm³/mol. The van der Waals surface area contributed by atoms with E-state index in [0.29, 0.717) is 13.1 Å². The van der Waals surface area contributed by atoms with Crippen molar-refractivity contribution in [3.63, 3.8) is 0 Å². The molecule has 1 heterocycles. The Labute approximate surface area is 132 Å². The SMILES string of the molecule is CN(C(=O)CN1CCCC(NS(C)(=O)=O)C1)c1ccccc1. The van der Waals surface area contributed by atoms with Gasteiger partial charge in [-0.1, -0.05) is 18.2 Å². The average Bonchev–Trinajstić information content (AvgIpc) is 2.46.